The summed E-state index contributed by atoms with van der Waals surface area (Å²) in [5.41, 5.74) is 2.20. The van der Waals surface area contributed by atoms with Gasteiger partial charge in [0.15, 0.2) is 0 Å². The molecule has 0 saturated carbocycles. The first kappa shape index (κ1) is 23.3. The fourth-order valence-corrected chi connectivity index (χ4v) is 5.44. The summed E-state index contributed by atoms with van der Waals surface area (Å²) in [5.74, 6) is -0.430. The zero-order valence-electron chi connectivity index (χ0n) is 17.6. The molecule has 0 spiro atoms. The van der Waals surface area contributed by atoms with Crippen molar-refractivity contribution in [1.29, 1.82) is 0 Å². The van der Waals surface area contributed by atoms with Crippen LogP contribution in [0.15, 0.2) is 77.2 Å². The molecule has 1 aliphatic carbocycles. The first-order chi connectivity index (χ1) is 14.9. The highest BCUT2D eigenvalue weighted by atomic mass is 35.5. The van der Waals surface area contributed by atoms with Gasteiger partial charge in [0.1, 0.15) is 0 Å². The number of benzene rings is 2. The summed E-state index contributed by atoms with van der Waals surface area (Å²) in [7, 11) is -2.47. The minimum absolute atomic E-state index is 0.177. The lowest BCUT2D eigenvalue weighted by atomic mass is 9.98. The molecule has 2 aromatic carbocycles. The maximum absolute atomic E-state index is 13.7. The van der Waals surface area contributed by atoms with E-state index in [4.69, 9.17) is 16.3 Å². The van der Waals surface area contributed by atoms with Gasteiger partial charge in [-0.15, -0.1) is 0 Å². The fraction of sp³-hybridized carbons (Fsp3) is 0.292. The Labute approximate surface area is 189 Å². The minimum atomic E-state index is -3.80. The Balaban J connectivity index is 2.01. The summed E-state index contributed by atoms with van der Waals surface area (Å²) in [4.78, 5) is 11.9. The van der Waals surface area contributed by atoms with Gasteiger partial charge in [0.05, 0.1) is 17.6 Å². The second-order valence-corrected chi connectivity index (χ2v) is 9.63. The van der Waals surface area contributed by atoms with E-state index < -0.39 is 16.0 Å². The van der Waals surface area contributed by atoms with Gasteiger partial charge in [-0.3, -0.25) is 0 Å². The molecule has 0 amide bonds. The van der Waals surface area contributed by atoms with Crippen LogP contribution in [0.2, 0.25) is 5.02 Å². The molecule has 0 heterocycles. The molecule has 0 radical (unpaired) electrons. The van der Waals surface area contributed by atoms with Gasteiger partial charge in [-0.2, -0.15) is 4.31 Å². The van der Waals surface area contributed by atoms with Crippen molar-refractivity contribution in [1.82, 2.24) is 4.31 Å². The molecule has 2 aromatic rings. The standard InChI is InChI=1S/C24H26ClNO4S/c1-3-23(19-7-5-4-6-8-19)26(31(28,29)22-15-13-21(25)14-16-22)17-18-9-11-20(12-10-18)24(27)30-2/h5,7-16,23H,3-4,6,17H2,1-2H3. The van der Waals surface area contributed by atoms with Crippen LogP contribution in [0.3, 0.4) is 0 Å². The lowest BCUT2D eigenvalue weighted by molar-refractivity contribution is 0.0600. The van der Waals surface area contributed by atoms with Crippen LogP contribution in [0.4, 0.5) is 0 Å². The first-order valence-electron chi connectivity index (χ1n) is 10.2. The van der Waals surface area contributed by atoms with E-state index in [0.29, 0.717) is 17.0 Å². The third-order valence-corrected chi connectivity index (χ3v) is 7.40. The molecule has 0 aliphatic heterocycles. The Morgan fingerprint density at radius 1 is 1.10 bits per heavy atom. The van der Waals surface area contributed by atoms with Crippen LogP contribution in [0.25, 0.3) is 0 Å². The number of rotatable bonds is 8. The molecule has 3 rings (SSSR count). The van der Waals surface area contributed by atoms with Crippen LogP contribution in [0.5, 0.6) is 0 Å². The van der Waals surface area contributed by atoms with Crippen LogP contribution in [-0.2, 0) is 21.3 Å². The first-order valence-corrected chi connectivity index (χ1v) is 12.0. The van der Waals surface area contributed by atoms with Gasteiger partial charge in [0.2, 0.25) is 10.0 Å². The maximum atomic E-state index is 13.7. The summed E-state index contributed by atoms with van der Waals surface area (Å²) in [6.45, 7) is 2.16. The van der Waals surface area contributed by atoms with Crippen molar-refractivity contribution in [3.8, 4) is 0 Å². The molecule has 0 N–H and O–H groups in total. The van der Waals surface area contributed by atoms with Gasteiger partial charge in [0, 0.05) is 17.6 Å². The number of hydrogen-bond acceptors (Lipinski definition) is 4. The number of ether oxygens (including phenoxy) is 1. The van der Waals surface area contributed by atoms with E-state index in [1.165, 1.54) is 23.5 Å². The second kappa shape index (κ2) is 10.3. The molecular weight excluding hydrogens is 434 g/mol. The van der Waals surface area contributed by atoms with Crippen molar-refractivity contribution in [3.63, 3.8) is 0 Å². The Kier molecular flexibility index (Phi) is 7.70. The quantitative estimate of drug-likeness (QED) is 0.497. The average molecular weight is 460 g/mol. The molecule has 0 saturated heterocycles. The summed E-state index contributed by atoms with van der Waals surface area (Å²) >= 11 is 5.97. The number of sulfonamides is 1. The molecule has 0 bridgehead atoms. The van der Waals surface area contributed by atoms with Gasteiger partial charge in [-0.05, 0) is 66.8 Å². The molecule has 0 fully saturated rings. The topological polar surface area (TPSA) is 63.7 Å². The molecule has 0 aromatic heterocycles. The maximum Gasteiger partial charge on any atom is 0.337 e. The number of allylic oxidation sites excluding steroid dienone is 2. The summed E-state index contributed by atoms with van der Waals surface area (Å²) in [6.07, 6.45) is 8.69. The van der Waals surface area contributed by atoms with E-state index in [9.17, 15) is 13.2 Å². The van der Waals surface area contributed by atoms with Crippen molar-refractivity contribution >= 4 is 27.6 Å². The fourth-order valence-electron chi connectivity index (χ4n) is 3.64. The van der Waals surface area contributed by atoms with Crippen molar-refractivity contribution < 1.29 is 17.9 Å². The van der Waals surface area contributed by atoms with Gasteiger partial charge >= 0.3 is 5.97 Å². The second-order valence-electron chi connectivity index (χ2n) is 7.30. The van der Waals surface area contributed by atoms with Crippen LogP contribution in [-0.4, -0.2) is 31.8 Å². The van der Waals surface area contributed by atoms with E-state index in [0.717, 1.165) is 24.0 Å². The van der Waals surface area contributed by atoms with Crippen LogP contribution < -0.4 is 0 Å². The monoisotopic (exact) mass is 459 g/mol. The van der Waals surface area contributed by atoms with Crippen molar-refractivity contribution in [3.05, 3.63) is 88.5 Å². The summed E-state index contributed by atoms with van der Waals surface area (Å²) in [5, 5.41) is 0.480. The third kappa shape index (κ3) is 5.45. The molecule has 31 heavy (non-hydrogen) atoms. The van der Waals surface area contributed by atoms with Gasteiger partial charge in [-0.25, -0.2) is 13.2 Å². The molecule has 1 atom stereocenters. The van der Waals surface area contributed by atoms with Crippen molar-refractivity contribution in [2.24, 2.45) is 0 Å². The molecule has 1 unspecified atom stereocenters. The lowest BCUT2D eigenvalue weighted by Crippen LogP contribution is -2.40. The number of hydrogen-bond donors (Lipinski definition) is 0. The van der Waals surface area contributed by atoms with Gasteiger partial charge in [-0.1, -0.05) is 48.9 Å². The van der Waals surface area contributed by atoms with Crippen molar-refractivity contribution in [2.45, 2.75) is 43.7 Å². The highest BCUT2D eigenvalue weighted by molar-refractivity contribution is 7.89. The number of carbonyl (C=O) groups excluding carboxylic acids is 1. The summed E-state index contributed by atoms with van der Waals surface area (Å²) < 4.78 is 33.6. The highest BCUT2D eigenvalue weighted by Gasteiger charge is 2.32. The minimum Gasteiger partial charge on any atom is -0.465 e. The van der Waals surface area contributed by atoms with E-state index in [1.54, 1.807) is 36.4 Å². The average Bonchev–Trinajstić information content (AvgIpc) is 2.80. The van der Waals surface area contributed by atoms with Crippen LogP contribution in [0, 0.1) is 0 Å². The predicted molar refractivity (Wildman–Crippen MR) is 122 cm³/mol. The molecule has 5 nitrogen and oxygen atoms in total. The molecule has 7 heteroatoms. The zero-order valence-corrected chi connectivity index (χ0v) is 19.2. The molecule has 164 valence electrons. The van der Waals surface area contributed by atoms with E-state index in [-0.39, 0.29) is 17.5 Å². The SMILES string of the molecule is CCC(C1=CCCC=C1)N(Cc1ccc(C(=O)OC)cc1)S(=O)(=O)c1ccc(Cl)cc1. The van der Waals surface area contributed by atoms with E-state index in [1.807, 2.05) is 13.0 Å². The third-order valence-electron chi connectivity index (χ3n) is 5.28. The predicted octanol–water partition coefficient (Wildman–Crippen LogP) is 5.37. The smallest absolute Gasteiger partial charge is 0.337 e. The number of esters is 1. The highest BCUT2D eigenvalue weighted by Crippen LogP contribution is 2.29. The van der Waals surface area contributed by atoms with E-state index >= 15 is 0 Å². The van der Waals surface area contributed by atoms with Gasteiger partial charge < -0.3 is 4.74 Å². The Hall–Kier alpha value is -2.41. The van der Waals surface area contributed by atoms with Crippen molar-refractivity contribution in [2.75, 3.05) is 7.11 Å². The normalized spacial score (nSPS) is 14.9. The Morgan fingerprint density at radius 2 is 1.77 bits per heavy atom. The zero-order chi connectivity index (χ0) is 22.4. The van der Waals surface area contributed by atoms with Crippen LogP contribution in [0.1, 0.15) is 42.1 Å². The number of carbonyl (C=O) groups is 1. The molecular formula is C24H26ClNO4S. The van der Waals surface area contributed by atoms with Crippen LogP contribution >= 0.6 is 11.6 Å². The Morgan fingerprint density at radius 3 is 2.32 bits per heavy atom. The largest absolute Gasteiger partial charge is 0.465 e. The summed E-state index contributed by atoms with van der Waals surface area (Å²) in [6, 6.07) is 12.7. The molecule has 1 aliphatic rings. The van der Waals surface area contributed by atoms with E-state index in [2.05, 4.69) is 12.2 Å². The number of methoxy groups -OCH3 is 1. The Bertz CT molecular complexity index is 1070. The lowest BCUT2D eigenvalue weighted by Gasteiger charge is -2.32. The number of halogens is 1. The van der Waals surface area contributed by atoms with Gasteiger partial charge in [0.25, 0.3) is 0 Å². The number of nitrogens with zero attached hydrogens (tertiary/aromatic N) is 1.